The van der Waals surface area contributed by atoms with Gasteiger partial charge in [-0.05, 0) is 73.1 Å². The van der Waals surface area contributed by atoms with E-state index in [1.807, 2.05) is 26.0 Å². The lowest BCUT2D eigenvalue weighted by molar-refractivity contribution is 0.0428. The second kappa shape index (κ2) is 13.1. The number of carbonyl (C=O) groups is 3. The van der Waals surface area contributed by atoms with Crippen LogP contribution in [0.2, 0.25) is 0 Å². The minimum absolute atomic E-state index is 0.0414. The Balaban J connectivity index is 2.50. The molecule has 10 heteroatoms. The fourth-order valence-electron chi connectivity index (χ4n) is 3.22. The average Bonchev–Trinajstić information content (AvgIpc) is 2.84. The first-order valence-electron chi connectivity index (χ1n) is 12.9. The van der Waals surface area contributed by atoms with Crippen molar-refractivity contribution in [2.45, 2.75) is 79.9 Å². The standard InChI is InChI=1S/C30H39N5O5/c1-11-13-14-21(34-24-17-31-23(15-19(24)3)25(36)12-2)20(4)22-16-26(33-18-32-22)35(27(37)39-29(5,6)7)28(38)40-30(8,9)10/h11,13-18,34H,4,12H2,1-3,5-10H3/b13-11-,21-14+. The van der Waals surface area contributed by atoms with Gasteiger partial charge in [0.2, 0.25) is 0 Å². The van der Waals surface area contributed by atoms with Gasteiger partial charge in [-0.3, -0.25) is 9.78 Å². The molecule has 0 aromatic carbocycles. The number of imide groups is 1. The third-order valence-electron chi connectivity index (χ3n) is 5.11. The molecule has 0 saturated carbocycles. The second-order valence-electron chi connectivity index (χ2n) is 10.9. The van der Waals surface area contributed by atoms with Crippen molar-refractivity contribution in [1.29, 1.82) is 0 Å². The van der Waals surface area contributed by atoms with Crippen molar-refractivity contribution >= 4 is 35.0 Å². The number of nitrogens with one attached hydrogen (secondary N) is 1. The van der Waals surface area contributed by atoms with Crippen molar-refractivity contribution in [3.63, 3.8) is 0 Å². The van der Waals surface area contributed by atoms with Gasteiger partial charge in [-0.1, -0.05) is 25.7 Å². The normalized spacial score (nSPS) is 12.2. The Bertz CT molecular complexity index is 1300. The number of hydrogen-bond acceptors (Lipinski definition) is 9. The summed E-state index contributed by atoms with van der Waals surface area (Å²) in [6.07, 6.45) is 6.76. The zero-order chi connectivity index (χ0) is 30.3. The molecule has 2 aromatic rings. The number of carbonyl (C=O) groups excluding carboxylic acids is 3. The van der Waals surface area contributed by atoms with E-state index in [1.54, 1.807) is 66.8 Å². The molecule has 2 heterocycles. The van der Waals surface area contributed by atoms with Crippen molar-refractivity contribution in [2.24, 2.45) is 0 Å². The Morgan fingerprint density at radius 2 is 1.57 bits per heavy atom. The lowest BCUT2D eigenvalue weighted by atomic mass is 10.1. The SMILES string of the molecule is C=C(/C(=C\C=C/C)Nc1cnc(C(=O)CC)cc1C)c1cc(N(C(=O)OC(C)(C)C)C(=O)OC(C)(C)C)ncn1. The van der Waals surface area contributed by atoms with Crippen LogP contribution < -0.4 is 10.2 Å². The van der Waals surface area contributed by atoms with E-state index in [9.17, 15) is 14.4 Å². The van der Waals surface area contributed by atoms with Gasteiger partial charge in [0.05, 0.1) is 17.6 Å². The van der Waals surface area contributed by atoms with E-state index in [4.69, 9.17) is 9.47 Å². The Morgan fingerprint density at radius 1 is 0.975 bits per heavy atom. The second-order valence-corrected chi connectivity index (χ2v) is 10.9. The monoisotopic (exact) mass is 549 g/mol. The molecule has 214 valence electrons. The van der Waals surface area contributed by atoms with Crippen LogP contribution in [0.25, 0.3) is 5.57 Å². The number of aryl methyl sites for hydroxylation is 1. The van der Waals surface area contributed by atoms with Gasteiger partial charge in [0.1, 0.15) is 23.2 Å². The molecule has 10 nitrogen and oxygen atoms in total. The molecule has 0 aliphatic heterocycles. The van der Waals surface area contributed by atoms with Crippen LogP contribution in [0, 0.1) is 6.92 Å². The molecular formula is C30H39N5O5. The molecule has 0 saturated heterocycles. The highest BCUT2D eigenvalue weighted by Crippen LogP contribution is 2.27. The van der Waals surface area contributed by atoms with Gasteiger partial charge < -0.3 is 14.8 Å². The topological polar surface area (TPSA) is 124 Å². The van der Waals surface area contributed by atoms with E-state index in [0.717, 1.165) is 10.5 Å². The average molecular weight is 550 g/mol. The number of nitrogens with zero attached hydrogens (tertiary/aromatic N) is 4. The van der Waals surface area contributed by atoms with Crippen LogP contribution in [0.15, 0.2) is 55.2 Å². The number of pyridine rings is 1. The van der Waals surface area contributed by atoms with Crippen LogP contribution in [0.5, 0.6) is 0 Å². The highest BCUT2D eigenvalue weighted by atomic mass is 16.6. The Labute approximate surface area is 236 Å². The molecule has 0 aliphatic rings. The maximum atomic E-state index is 13.1. The highest BCUT2D eigenvalue weighted by molar-refractivity contribution is 6.09. The molecule has 40 heavy (non-hydrogen) atoms. The number of amides is 2. The summed E-state index contributed by atoms with van der Waals surface area (Å²) in [4.78, 5) is 51.7. The third-order valence-corrected chi connectivity index (χ3v) is 5.11. The van der Waals surface area contributed by atoms with E-state index < -0.39 is 23.4 Å². The molecule has 2 aromatic heterocycles. The van der Waals surface area contributed by atoms with Crippen LogP contribution in [-0.2, 0) is 9.47 Å². The maximum absolute atomic E-state index is 13.1. The first-order chi connectivity index (χ1) is 18.6. The summed E-state index contributed by atoms with van der Waals surface area (Å²) in [7, 11) is 0. The van der Waals surface area contributed by atoms with Gasteiger partial charge in [0.15, 0.2) is 11.6 Å². The molecule has 0 atom stereocenters. The molecule has 2 amide bonds. The van der Waals surface area contributed by atoms with Gasteiger partial charge in [0.25, 0.3) is 0 Å². The van der Waals surface area contributed by atoms with E-state index in [-0.39, 0.29) is 11.6 Å². The molecule has 0 bridgehead atoms. The summed E-state index contributed by atoms with van der Waals surface area (Å²) in [5, 5.41) is 3.30. The molecule has 1 N–H and O–H groups in total. The summed E-state index contributed by atoms with van der Waals surface area (Å²) in [6, 6.07) is 3.18. The van der Waals surface area contributed by atoms with E-state index in [2.05, 4.69) is 26.8 Å². The van der Waals surface area contributed by atoms with Gasteiger partial charge in [-0.25, -0.2) is 19.6 Å². The molecule has 0 spiro atoms. The van der Waals surface area contributed by atoms with Gasteiger partial charge in [-0.2, -0.15) is 4.90 Å². The number of ether oxygens (including phenoxy) is 2. The molecule has 0 aliphatic carbocycles. The Kier molecular flexibility index (Phi) is 10.5. The summed E-state index contributed by atoms with van der Waals surface area (Å²) < 4.78 is 10.9. The molecule has 0 radical (unpaired) electrons. The summed E-state index contributed by atoms with van der Waals surface area (Å²) >= 11 is 0. The fraction of sp³-hybridized carbons (Fsp3) is 0.400. The predicted octanol–water partition coefficient (Wildman–Crippen LogP) is 7.03. The zero-order valence-corrected chi connectivity index (χ0v) is 24.8. The summed E-state index contributed by atoms with van der Waals surface area (Å²) in [5.74, 6) is -0.0860. The lowest BCUT2D eigenvalue weighted by Gasteiger charge is -2.28. The molecule has 2 rings (SSSR count). The molecule has 0 unspecified atom stereocenters. The van der Waals surface area contributed by atoms with Gasteiger partial charge in [-0.15, -0.1) is 0 Å². The number of Topliss-reactive ketones (excluding diaryl/α,β-unsaturated/α-hetero) is 1. The maximum Gasteiger partial charge on any atom is 0.425 e. The number of ketones is 1. The Morgan fingerprint density at radius 3 is 2.08 bits per heavy atom. The Hall–Kier alpha value is -4.34. The van der Waals surface area contributed by atoms with Gasteiger partial charge >= 0.3 is 12.2 Å². The van der Waals surface area contributed by atoms with Gasteiger partial charge in [0, 0.05) is 23.8 Å². The molecule has 0 fully saturated rings. The highest BCUT2D eigenvalue weighted by Gasteiger charge is 2.34. The van der Waals surface area contributed by atoms with Crippen molar-refractivity contribution in [3.05, 3.63) is 72.1 Å². The largest absolute Gasteiger partial charge is 0.443 e. The quantitative estimate of drug-likeness (QED) is 0.273. The third kappa shape index (κ3) is 9.14. The number of rotatable bonds is 8. The number of aromatic nitrogens is 3. The number of hydrogen-bond donors (Lipinski definition) is 1. The van der Waals surface area contributed by atoms with Crippen molar-refractivity contribution in [1.82, 2.24) is 15.0 Å². The first-order valence-corrected chi connectivity index (χ1v) is 12.9. The van der Waals surface area contributed by atoms with Crippen molar-refractivity contribution in [3.8, 4) is 0 Å². The summed E-state index contributed by atoms with van der Waals surface area (Å²) in [6.45, 7) is 19.9. The van der Waals surface area contributed by atoms with Crippen molar-refractivity contribution in [2.75, 3.05) is 10.2 Å². The number of allylic oxidation sites excluding steroid dienone is 4. The van der Waals surface area contributed by atoms with Crippen LogP contribution in [0.1, 0.15) is 83.6 Å². The molecular weight excluding hydrogens is 510 g/mol. The zero-order valence-electron chi connectivity index (χ0n) is 24.8. The van der Waals surface area contributed by atoms with Crippen LogP contribution >= 0.6 is 0 Å². The minimum atomic E-state index is -0.941. The predicted molar refractivity (Wildman–Crippen MR) is 156 cm³/mol. The van der Waals surface area contributed by atoms with Crippen LogP contribution in [-0.4, -0.2) is 44.1 Å². The lowest BCUT2D eigenvalue weighted by Crippen LogP contribution is -2.44. The first kappa shape index (κ1) is 31.9. The summed E-state index contributed by atoms with van der Waals surface area (Å²) in [5.41, 5.74) is 1.50. The smallest absolute Gasteiger partial charge is 0.425 e. The minimum Gasteiger partial charge on any atom is -0.443 e. The van der Waals surface area contributed by atoms with Crippen molar-refractivity contribution < 1.29 is 23.9 Å². The fourth-order valence-corrected chi connectivity index (χ4v) is 3.22. The van der Waals surface area contributed by atoms with Crippen LogP contribution in [0.4, 0.5) is 21.1 Å². The van der Waals surface area contributed by atoms with Crippen LogP contribution in [0.3, 0.4) is 0 Å². The number of anilines is 2. The van der Waals surface area contributed by atoms with E-state index >= 15 is 0 Å². The van der Waals surface area contributed by atoms with E-state index in [0.29, 0.717) is 34.8 Å². The van der Waals surface area contributed by atoms with E-state index in [1.165, 1.54) is 12.4 Å².